The number of hydrogen-bond acceptors (Lipinski definition) is 3. The molecule has 0 amide bonds. The first kappa shape index (κ1) is 14.7. The number of amidine groups is 1. The summed E-state index contributed by atoms with van der Waals surface area (Å²) >= 11 is 4.83. The number of benzene rings is 1. The number of rotatable bonds is 3. The molecule has 0 bridgehead atoms. The van der Waals surface area contributed by atoms with Crippen molar-refractivity contribution in [2.75, 3.05) is 18.8 Å². The van der Waals surface area contributed by atoms with Crippen LogP contribution >= 0.6 is 44.7 Å². The van der Waals surface area contributed by atoms with Crippen molar-refractivity contribution in [2.24, 2.45) is 0 Å². The van der Waals surface area contributed by atoms with Crippen LogP contribution in [0.3, 0.4) is 0 Å². The maximum Gasteiger partial charge on any atom is 0.182 e. The van der Waals surface area contributed by atoms with E-state index in [4.69, 9.17) is 5.41 Å². The van der Waals surface area contributed by atoms with Crippen LogP contribution in [0.25, 0.3) is 0 Å². The van der Waals surface area contributed by atoms with Crippen LogP contribution in [0.1, 0.15) is 10.4 Å². The summed E-state index contributed by atoms with van der Waals surface area (Å²) in [5.74, 6) is 0.978. The second-order valence-corrected chi connectivity index (χ2v) is 5.50. The minimum atomic E-state index is 0. The summed E-state index contributed by atoms with van der Waals surface area (Å²) in [4.78, 5) is 13.7. The maximum atomic E-state index is 11.9. The standard InChI is InChI=1S/C11H11BrN2OS.BrH/c12-9-3-1-8(2-4-9)10(15)7-14-5-6-16-11(14)13;/h1-4,13H,5-7H2;1H. The average Bonchev–Trinajstić information content (AvgIpc) is 2.65. The van der Waals surface area contributed by atoms with Gasteiger partial charge in [0.2, 0.25) is 0 Å². The summed E-state index contributed by atoms with van der Waals surface area (Å²) in [6.45, 7) is 1.11. The molecule has 0 atom stereocenters. The molecule has 0 unspecified atom stereocenters. The minimum absolute atomic E-state index is 0. The van der Waals surface area contributed by atoms with Gasteiger partial charge in [-0.1, -0.05) is 39.8 Å². The van der Waals surface area contributed by atoms with Gasteiger partial charge in [-0.25, -0.2) is 0 Å². The van der Waals surface area contributed by atoms with E-state index in [1.165, 1.54) is 11.8 Å². The third-order valence-electron chi connectivity index (χ3n) is 2.39. The van der Waals surface area contributed by atoms with Crippen molar-refractivity contribution >= 4 is 55.6 Å². The predicted octanol–water partition coefficient (Wildman–Crippen LogP) is 3.19. The van der Waals surface area contributed by atoms with Crippen molar-refractivity contribution in [1.82, 2.24) is 4.90 Å². The van der Waals surface area contributed by atoms with Gasteiger partial charge in [-0.15, -0.1) is 17.0 Å². The van der Waals surface area contributed by atoms with Gasteiger partial charge in [0.25, 0.3) is 0 Å². The largest absolute Gasteiger partial charge is 0.343 e. The van der Waals surface area contributed by atoms with Crippen LogP contribution in [0.5, 0.6) is 0 Å². The number of carbonyl (C=O) groups excluding carboxylic acids is 1. The van der Waals surface area contributed by atoms with Crippen LogP contribution in [0.2, 0.25) is 0 Å². The SMILES string of the molecule is Br.N=C1SCCN1CC(=O)c1ccc(Br)cc1. The lowest BCUT2D eigenvalue weighted by atomic mass is 10.1. The molecule has 6 heteroatoms. The molecule has 1 saturated heterocycles. The number of ketones is 1. The Balaban J connectivity index is 0.00000144. The molecule has 17 heavy (non-hydrogen) atoms. The van der Waals surface area contributed by atoms with E-state index < -0.39 is 0 Å². The number of Topliss-reactive ketones (excluding diaryl/α,β-unsaturated/α-hetero) is 1. The second kappa shape index (κ2) is 6.56. The van der Waals surface area contributed by atoms with Gasteiger partial charge >= 0.3 is 0 Å². The molecule has 0 saturated carbocycles. The summed E-state index contributed by atoms with van der Waals surface area (Å²) < 4.78 is 0.966. The highest BCUT2D eigenvalue weighted by Crippen LogP contribution is 2.17. The number of nitrogens with zero attached hydrogens (tertiary/aromatic N) is 1. The Hall–Kier alpha value is -0.330. The quantitative estimate of drug-likeness (QED) is 0.820. The first-order valence-electron chi connectivity index (χ1n) is 4.92. The molecule has 1 aliphatic rings. The molecule has 1 aliphatic heterocycles. The van der Waals surface area contributed by atoms with Gasteiger partial charge in [0.1, 0.15) is 0 Å². The highest BCUT2D eigenvalue weighted by Gasteiger charge is 2.20. The zero-order valence-corrected chi connectivity index (χ0v) is 13.1. The van der Waals surface area contributed by atoms with Crippen LogP contribution < -0.4 is 0 Å². The summed E-state index contributed by atoms with van der Waals surface area (Å²) in [7, 11) is 0. The Labute approximate surface area is 123 Å². The van der Waals surface area contributed by atoms with E-state index >= 15 is 0 Å². The molecule has 1 fully saturated rings. The van der Waals surface area contributed by atoms with Crippen molar-refractivity contribution in [3.8, 4) is 0 Å². The van der Waals surface area contributed by atoms with Gasteiger partial charge < -0.3 is 4.90 Å². The van der Waals surface area contributed by atoms with Gasteiger partial charge in [0.15, 0.2) is 11.0 Å². The van der Waals surface area contributed by atoms with Crippen LogP contribution in [-0.4, -0.2) is 34.7 Å². The molecule has 1 aromatic carbocycles. The molecule has 1 aromatic rings. The molecular formula is C11H12Br2N2OS. The third-order valence-corrected chi connectivity index (χ3v) is 3.83. The van der Waals surface area contributed by atoms with E-state index in [2.05, 4.69) is 15.9 Å². The Morgan fingerprint density at radius 1 is 1.41 bits per heavy atom. The molecule has 0 aromatic heterocycles. The Bertz CT molecular complexity index is 422. The number of nitrogens with one attached hydrogen (secondary N) is 1. The van der Waals surface area contributed by atoms with Crippen LogP contribution in [0.15, 0.2) is 28.7 Å². The lowest BCUT2D eigenvalue weighted by Crippen LogP contribution is -2.30. The predicted molar refractivity (Wildman–Crippen MR) is 80.6 cm³/mol. The highest BCUT2D eigenvalue weighted by atomic mass is 79.9. The van der Waals surface area contributed by atoms with Crippen molar-refractivity contribution in [3.05, 3.63) is 34.3 Å². The van der Waals surface area contributed by atoms with E-state index in [1.807, 2.05) is 17.0 Å². The molecular weight excluding hydrogens is 368 g/mol. The maximum absolute atomic E-state index is 11.9. The molecule has 3 nitrogen and oxygen atoms in total. The van der Waals surface area contributed by atoms with Gasteiger partial charge in [-0.05, 0) is 12.1 Å². The molecule has 2 rings (SSSR count). The summed E-state index contributed by atoms with van der Waals surface area (Å²) in [5.41, 5.74) is 0.702. The number of carbonyl (C=O) groups is 1. The Kier molecular flexibility index (Phi) is 5.69. The normalized spacial score (nSPS) is 14.6. The zero-order chi connectivity index (χ0) is 11.5. The van der Waals surface area contributed by atoms with E-state index in [0.717, 1.165) is 16.8 Å². The fourth-order valence-electron chi connectivity index (χ4n) is 1.50. The zero-order valence-electron chi connectivity index (χ0n) is 8.98. The number of thioether (sulfide) groups is 1. The fraction of sp³-hybridized carbons (Fsp3) is 0.273. The summed E-state index contributed by atoms with van der Waals surface area (Å²) in [6, 6.07) is 7.33. The molecule has 0 spiro atoms. The second-order valence-electron chi connectivity index (χ2n) is 3.51. The van der Waals surface area contributed by atoms with Crippen molar-refractivity contribution < 1.29 is 4.79 Å². The monoisotopic (exact) mass is 378 g/mol. The summed E-state index contributed by atoms with van der Waals surface area (Å²) in [5, 5.41) is 8.13. The van der Waals surface area contributed by atoms with Crippen molar-refractivity contribution in [2.45, 2.75) is 0 Å². The van der Waals surface area contributed by atoms with E-state index in [9.17, 15) is 4.79 Å². The molecule has 1 N–H and O–H groups in total. The minimum Gasteiger partial charge on any atom is -0.343 e. The van der Waals surface area contributed by atoms with Crippen molar-refractivity contribution in [1.29, 1.82) is 5.41 Å². The van der Waals surface area contributed by atoms with Crippen LogP contribution in [-0.2, 0) is 0 Å². The highest BCUT2D eigenvalue weighted by molar-refractivity contribution is 9.10. The van der Waals surface area contributed by atoms with E-state index in [1.54, 1.807) is 12.1 Å². The van der Waals surface area contributed by atoms with Gasteiger partial charge in [-0.2, -0.15) is 0 Å². The smallest absolute Gasteiger partial charge is 0.182 e. The summed E-state index contributed by atoms with van der Waals surface area (Å²) in [6.07, 6.45) is 0. The number of hydrogen-bond donors (Lipinski definition) is 1. The molecule has 92 valence electrons. The fourth-order valence-corrected chi connectivity index (χ4v) is 2.60. The Morgan fingerprint density at radius 2 is 2.06 bits per heavy atom. The first-order valence-corrected chi connectivity index (χ1v) is 6.70. The van der Waals surface area contributed by atoms with Crippen LogP contribution in [0.4, 0.5) is 0 Å². The lowest BCUT2D eigenvalue weighted by molar-refractivity contribution is 0.0966. The van der Waals surface area contributed by atoms with Crippen LogP contribution in [0, 0.1) is 5.41 Å². The van der Waals surface area contributed by atoms with E-state index in [0.29, 0.717) is 17.3 Å². The van der Waals surface area contributed by atoms with Gasteiger partial charge in [0.05, 0.1) is 6.54 Å². The van der Waals surface area contributed by atoms with E-state index in [-0.39, 0.29) is 22.8 Å². The molecule has 0 aliphatic carbocycles. The number of halogens is 2. The average molecular weight is 380 g/mol. The first-order chi connectivity index (χ1) is 7.66. The van der Waals surface area contributed by atoms with Gasteiger partial charge in [-0.3, -0.25) is 10.2 Å². The topological polar surface area (TPSA) is 44.2 Å². The molecule has 1 heterocycles. The van der Waals surface area contributed by atoms with Crippen molar-refractivity contribution in [3.63, 3.8) is 0 Å². The molecule has 0 radical (unpaired) electrons. The third kappa shape index (κ3) is 3.82. The lowest BCUT2D eigenvalue weighted by Gasteiger charge is -2.15. The Morgan fingerprint density at radius 3 is 2.59 bits per heavy atom. The van der Waals surface area contributed by atoms with Gasteiger partial charge in [0, 0.05) is 22.3 Å².